The van der Waals surface area contributed by atoms with Gasteiger partial charge in [-0.25, -0.2) is 0 Å². The largest absolute Gasteiger partial charge is 0.394 e. The highest BCUT2D eigenvalue weighted by molar-refractivity contribution is 9.09. The number of amides is 1. The van der Waals surface area contributed by atoms with Crippen LogP contribution in [0.3, 0.4) is 0 Å². The zero-order valence-electron chi connectivity index (χ0n) is 16.1. The van der Waals surface area contributed by atoms with Gasteiger partial charge in [0, 0.05) is 0 Å². The van der Waals surface area contributed by atoms with Crippen LogP contribution in [0.15, 0.2) is 0 Å². The molecular formula is C20H40BrNO3. The van der Waals surface area contributed by atoms with Crippen LogP contribution in [0.25, 0.3) is 0 Å². The number of carbonyl (C=O) groups excluding carboxylic acids is 1. The third-order valence-electron chi connectivity index (χ3n) is 4.73. The first kappa shape index (κ1) is 24.9. The number of hydrogen-bond donors (Lipinski definition) is 3. The van der Waals surface area contributed by atoms with Gasteiger partial charge >= 0.3 is 0 Å². The van der Waals surface area contributed by atoms with Gasteiger partial charge in [0.15, 0.2) is 0 Å². The standard InChI is InChI=1S/C20H40BrNO3/c1-2-3-4-5-6-7-8-9-10-11-12-13-14-15-19(24)18(17-23)22-20(25)16-21/h18-19,23-24H,2-17H2,1H3,(H,22,25). The van der Waals surface area contributed by atoms with E-state index in [0.717, 1.165) is 12.8 Å². The van der Waals surface area contributed by atoms with Crippen molar-refractivity contribution in [2.45, 2.75) is 109 Å². The zero-order valence-corrected chi connectivity index (χ0v) is 17.7. The Bertz CT molecular complexity index is 303. The summed E-state index contributed by atoms with van der Waals surface area (Å²) >= 11 is 3.06. The zero-order chi connectivity index (χ0) is 18.8. The second kappa shape index (κ2) is 18.7. The van der Waals surface area contributed by atoms with Crippen molar-refractivity contribution in [3.63, 3.8) is 0 Å². The summed E-state index contributed by atoms with van der Waals surface area (Å²) in [6.07, 6.45) is 16.8. The lowest BCUT2D eigenvalue weighted by atomic mass is 10.0. The fourth-order valence-electron chi connectivity index (χ4n) is 3.08. The molecule has 0 aromatic heterocycles. The van der Waals surface area contributed by atoms with Gasteiger partial charge < -0.3 is 15.5 Å². The van der Waals surface area contributed by atoms with Gasteiger partial charge in [-0.1, -0.05) is 106 Å². The monoisotopic (exact) mass is 421 g/mol. The number of halogens is 1. The third-order valence-corrected chi connectivity index (χ3v) is 5.24. The van der Waals surface area contributed by atoms with E-state index in [1.165, 1.54) is 70.6 Å². The first-order valence-corrected chi connectivity index (χ1v) is 11.4. The predicted molar refractivity (Wildman–Crippen MR) is 109 cm³/mol. The molecule has 0 saturated carbocycles. The van der Waals surface area contributed by atoms with Gasteiger partial charge in [-0.05, 0) is 6.42 Å². The Balaban J connectivity index is 3.40. The molecule has 0 aromatic carbocycles. The normalized spacial score (nSPS) is 13.6. The number of aliphatic hydroxyl groups excluding tert-OH is 2. The Morgan fingerprint density at radius 1 is 0.880 bits per heavy atom. The molecule has 1 amide bonds. The average Bonchev–Trinajstić information content (AvgIpc) is 2.63. The molecule has 0 bridgehead atoms. The lowest BCUT2D eigenvalue weighted by Gasteiger charge is -2.21. The van der Waals surface area contributed by atoms with Crippen molar-refractivity contribution < 1.29 is 15.0 Å². The van der Waals surface area contributed by atoms with Gasteiger partial charge in [0.2, 0.25) is 5.91 Å². The molecule has 2 unspecified atom stereocenters. The summed E-state index contributed by atoms with van der Waals surface area (Å²) in [5.41, 5.74) is 0. The molecule has 0 aliphatic heterocycles. The van der Waals surface area contributed by atoms with Crippen molar-refractivity contribution in [1.82, 2.24) is 5.32 Å². The molecule has 0 fully saturated rings. The highest BCUT2D eigenvalue weighted by Gasteiger charge is 2.19. The lowest BCUT2D eigenvalue weighted by molar-refractivity contribution is -0.120. The fraction of sp³-hybridized carbons (Fsp3) is 0.950. The molecule has 0 saturated heterocycles. The van der Waals surface area contributed by atoms with E-state index >= 15 is 0 Å². The highest BCUT2D eigenvalue weighted by Crippen LogP contribution is 2.14. The first-order valence-electron chi connectivity index (χ1n) is 10.3. The molecule has 0 aliphatic carbocycles. The van der Waals surface area contributed by atoms with Crippen molar-refractivity contribution in [1.29, 1.82) is 0 Å². The van der Waals surface area contributed by atoms with Gasteiger partial charge in [-0.3, -0.25) is 4.79 Å². The third kappa shape index (κ3) is 15.8. The number of unbranched alkanes of at least 4 members (excludes halogenated alkanes) is 12. The molecule has 0 aliphatic rings. The maximum atomic E-state index is 11.3. The number of nitrogens with one attached hydrogen (secondary N) is 1. The van der Waals surface area contributed by atoms with E-state index < -0.39 is 12.1 Å². The Kier molecular flexibility index (Phi) is 18.6. The second-order valence-electron chi connectivity index (χ2n) is 7.09. The summed E-state index contributed by atoms with van der Waals surface area (Å²) in [4.78, 5) is 11.3. The molecule has 3 N–H and O–H groups in total. The Hall–Kier alpha value is -0.130. The number of hydrogen-bond acceptors (Lipinski definition) is 3. The van der Waals surface area contributed by atoms with E-state index in [9.17, 15) is 15.0 Å². The highest BCUT2D eigenvalue weighted by atomic mass is 79.9. The molecule has 25 heavy (non-hydrogen) atoms. The van der Waals surface area contributed by atoms with Crippen molar-refractivity contribution in [3.05, 3.63) is 0 Å². The molecule has 5 heteroatoms. The van der Waals surface area contributed by atoms with Gasteiger partial charge in [0.25, 0.3) is 0 Å². The number of carbonyl (C=O) groups is 1. The average molecular weight is 422 g/mol. The Morgan fingerprint density at radius 2 is 1.32 bits per heavy atom. The van der Waals surface area contributed by atoms with Gasteiger partial charge in [0.1, 0.15) is 0 Å². The van der Waals surface area contributed by atoms with Crippen molar-refractivity contribution in [2.24, 2.45) is 0 Å². The second-order valence-corrected chi connectivity index (χ2v) is 7.65. The summed E-state index contributed by atoms with van der Waals surface area (Å²) in [7, 11) is 0. The van der Waals surface area contributed by atoms with E-state index in [2.05, 4.69) is 28.2 Å². The van der Waals surface area contributed by atoms with Crippen molar-refractivity contribution >= 4 is 21.8 Å². The van der Waals surface area contributed by atoms with E-state index in [1.807, 2.05) is 0 Å². The van der Waals surface area contributed by atoms with Crippen LogP contribution in [0, 0.1) is 0 Å². The van der Waals surface area contributed by atoms with Crippen LogP contribution in [0.1, 0.15) is 96.8 Å². The summed E-state index contributed by atoms with van der Waals surface area (Å²) in [6.45, 7) is 2.03. The number of aliphatic hydroxyl groups is 2. The van der Waals surface area contributed by atoms with Crippen LogP contribution in [-0.2, 0) is 4.79 Å². The van der Waals surface area contributed by atoms with E-state index in [1.54, 1.807) is 0 Å². The van der Waals surface area contributed by atoms with Crippen LogP contribution in [0.4, 0.5) is 0 Å². The summed E-state index contributed by atoms with van der Waals surface area (Å²) in [5.74, 6) is -0.205. The molecule has 4 nitrogen and oxygen atoms in total. The Morgan fingerprint density at radius 3 is 1.72 bits per heavy atom. The molecular weight excluding hydrogens is 382 g/mol. The minimum absolute atomic E-state index is 0.189. The van der Waals surface area contributed by atoms with Crippen LogP contribution in [0.2, 0.25) is 0 Å². The quantitative estimate of drug-likeness (QED) is 0.222. The van der Waals surface area contributed by atoms with Crippen LogP contribution in [-0.4, -0.2) is 40.2 Å². The minimum atomic E-state index is -0.666. The lowest BCUT2D eigenvalue weighted by Crippen LogP contribution is -2.46. The van der Waals surface area contributed by atoms with Crippen LogP contribution >= 0.6 is 15.9 Å². The predicted octanol–water partition coefficient (Wildman–Crippen LogP) is 4.70. The molecule has 0 heterocycles. The number of rotatable bonds is 18. The van der Waals surface area contributed by atoms with Crippen molar-refractivity contribution in [3.8, 4) is 0 Å². The number of alkyl halides is 1. The van der Waals surface area contributed by atoms with Gasteiger partial charge in [0.05, 0.1) is 24.1 Å². The summed E-state index contributed by atoms with van der Waals surface area (Å²) in [5, 5.41) is 22.1. The van der Waals surface area contributed by atoms with Gasteiger partial charge in [-0.15, -0.1) is 0 Å². The van der Waals surface area contributed by atoms with E-state index in [4.69, 9.17) is 0 Å². The van der Waals surface area contributed by atoms with E-state index in [-0.39, 0.29) is 17.8 Å². The maximum absolute atomic E-state index is 11.3. The Labute approximate surface area is 163 Å². The summed E-state index contributed by atoms with van der Waals surface area (Å²) in [6, 6.07) is -0.553. The molecule has 0 aromatic rings. The molecule has 150 valence electrons. The molecule has 0 rings (SSSR count). The molecule has 2 atom stereocenters. The SMILES string of the molecule is CCCCCCCCCCCCCCCC(O)C(CO)NC(=O)CBr. The molecule has 0 radical (unpaired) electrons. The first-order chi connectivity index (χ1) is 12.2. The van der Waals surface area contributed by atoms with Crippen molar-refractivity contribution in [2.75, 3.05) is 11.9 Å². The van der Waals surface area contributed by atoms with Crippen LogP contribution < -0.4 is 5.32 Å². The maximum Gasteiger partial charge on any atom is 0.231 e. The van der Waals surface area contributed by atoms with Gasteiger partial charge in [-0.2, -0.15) is 0 Å². The smallest absolute Gasteiger partial charge is 0.231 e. The van der Waals surface area contributed by atoms with Crippen LogP contribution in [0.5, 0.6) is 0 Å². The topological polar surface area (TPSA) is 69.6 Å². The van der Waals surface area contributed by atoms with E-state index in [0.29, 0.717) is 6.42 Å². The summed E-state index contributed by atoms with van der Waals surface area (Å²) < 4.78 is 0. The molecule has 0 spiro atoms. The minimum Gasteiger partial charge on any atom is -0.394 e. The fourth-order valence-corrected chi connectivity index (χ4v) is 3.24.